The topological polar surface area (TPSA) is 6.48 Å². The number of hydrogen-bond donors (Lipinski definition) is 0. The third-order valence-corrected chi connectivity index (χ3v) is 28.1. The minimum absolute atomic E-state index is 0.543. The van der Waals surface area contributed by atoms with Crippen LogP contribution in [0.5, 0.6) is 0 Å². The number of fused-ring (bicyclic) bond motifs is 32. The number of hydrogen-bond acceptors (Lipinski definition) is 2. The van der Waals surface area contributed by atoms with Crippen LogP contribution in [0, 0.1) is 0 Å². The molecule has 2 nitrogen and oxygen atoms in total. The first-order chi connectivity index (χ1) is 58.0. The monoisotopic (exact) mass is 1480 g/mol. The third-order valence-electron chi connectivity index (χ3n) is 28.1. The van der Waals surface area contributed by atoms with Gasteiger partial charge in [-0.1, -0.05) is 315 Å². The van der Waals surface area contributed by atoms with Crippen LogP contribution in [0.3, 0.4) is 0 Å². The van der Waals surface area contributed by atoms with Gasteiger partial charge in [0.15, 0.2) is 0 Å². The molecular weight excluding hydrogens is 1410 g/mol. The number of benzene rings is 18. The van der Waals surface area contributed by atoms with Gasteiger partial charge in [-0.15, -0.1) is 0 Å². The third kappa shape index (κ3) is 8.83. The van der Waals surface area contributed by atoms with Crippen molar-refractivity contribution in [3.8, 4) is 111 Å². The maximum atomic E-state index is 2.58. The summed E-state index contributed by atoms with van der Waals surface area (Å²) in [6, 6.07) is 155. The van der Waals surface area contributed by atoms with Gasteiger partial charge in [0, 0.05) is 34.1 Å². The zero-order valence-corrected chi connectivity index (χ0v) is 64.3. The molecule has 544 valence electrons. The molecule has 0 radical (unpaired) electrons. The van der Waals surface area contributed by atoms with Crippen LogP contribution < -0.4 is 9.80 Å². The van der Waals surface area contributed by atoms with E-state index >= 15 is 0 Å². The summed E-state index contributed by atoms with van der Waals surface area (Å²) >= 11 is 0. The number of aryl methyl sites for hydroxylation is 4. The second-order valence-corrected chi connectivity index (χ2v) is 33.4. The van der Waals surface area contributed by atoms with Crippen LogP contribution in [0.1, 0.15) is 89.0 Å². The molecule has 0 atom stereocenters. The Labute approximate surface area is 681 Å². The summed E-state index contributed by atoms with van der Waals surface area (Å²) in [5.74, 6) is 0. The van der Waals surface area contributed by atoms with Crippen molar-refractivity contribution in [3.63, 3.8) is 0 Å². The largest absolute Gasteiger partial charge is 0.310 e. The summed E-state index contributed by atoms with van der Waals surface area (Å²) in [6.07, 6.45) is 4.66. The second-order valence-electron chi connectivity index (χ2n) is 33.4. The molecule has 0 fully saturated rings. The van der Waals surface area contributed by atoms with Crippen molar-refractivity contribution in [2.24, 2.45) is 0 Å². The van der Waals surface area contributed by atoms with E-state index in [1.54, 1.807) is 0 Å². The average Bonchev–Trinajstić information content (AvgIpc) is 1.52. The highest BCUT2D eigenvalue weighted by atomic mass is 15.1. The Morgan fingerprint density at radius 1 is 0.137 bits per heavy atom. The van der Waals surface area contributed by atoms with E-state index in [4.69, 9.17) is 0 Å². The maximum absolute atomic E-state index is 2.58. The summed E-state index contributed by atoms with van der Waals surface area (Å²) in [7, 11) is 0. The highest BCUT2D eigenvalue weighted by Gasteiger charge is 2.56. The van der Waals surface area contributed by atoms with Gasteiger partial charge in [0.1, 0.15) is 0 Å². The van der Waals surface area contributed by atoms with Crippen molar-refractivity contribution >= 4 is 34.1 Å². The molecule has 0 heterocycles. The van der Waals surface area contributed by atoms with E-state index in [9.17, 15) is 0 Å². The molecule has 0 amide bonds. The van der Waals surface area contributed by atoms with E-state index in [0.717, 1.165) is 47.0 Å². The zero-order valence-electron chi connectivity index (χ0n) is 64.3. The molecule has 0 saturated heterocycles. The Balaban J connectivity index is 0.676. The van der Waals surface area contributed by atoms with Gasteiger partial charge >= 0.3 is 0 Å². The summed E-state index contributed by atoms with van der Waals surface area (Å²) in [4.78, 5) is 5.13. The Morgan fingerprint density at radius 2 is 0.342 bits per heavy atom. The summed E-state index contributed by atoms with van der Waals surface area (Å²) in [5, 5.41) is 0. The molecule has 3 spiro atoms. The normalized spacial score (nSPS) is 14.6. The van der Waals surface area contributed by atoms with Gasteiger partial charge in [-0.2, -0.15) is 0 Å². The van der Waals surface area contributed by atoms with E-state index in [1.165, 1.54) is 213 Å². The molecule has 0 aliphatic heterocycles. The molecule has 18 aromatic carbocycles. The predicted molar refractivity (Wildman–Crippen MR) is 481 cm³/mol. The van der Waals surface area contributed by atoms with E-state index in [-0.39, 0.29) is 0 Å². The lowest BCUT2D eigenvalue weighted by Crippen LogP contribution is -2.27. The van der Waals surface area contributed by atoms with Crippen LogP contribution in [-0.2, 0) is 41.9 Å². The second kappa shape index (κ2) is 24.3. The smallest absolute Gasteiger partial charge is 0.0727 e. The van der Waals surface area contributed by atoms with E-state index in [1.807, 2.05) is 0 Å². The van der Waals surface area contributed by atoms with E-state index < -0.39 is 16.2 Å². The molecule has 26 rings (SSSR count). The van der Waals surface area contributed by atoms with Crippen LogP contribution in [0.15, 0.2) is 400 Å². The minimum atomic E-state index is -0.744. The summed E-state index contributed by atoms with van der Waals surface area (Å²) < 4.78 is 0. The standard InChI is InChI=1S/C115H74N2/c1-9-31-101-89(23-1)90-24-2-10-32-102(90)113(101)105-35-13-7-29-95(105)97-59-55-85(67-109(97)113)116(83-51-47-73(48-52-83)75-19-17-21-77(63-75)81-45-41-71-39-43-79(71)65-81)87-57-61-99-100-62-58-88(70-112(100)115(111(99)69-87)107-37-15-5-27-93(107)94-28-6-16-38-108(94)115)117(84-53-49-74(50-54-84)76-20-18-22-78(64-76)82-46-42-72-40-44-80(72)66-82)86-56-60-98-96-30-8-14-36-106(96)114(110(98)68-86)103-33-11-3-25-91(103)92-26-4-12-34-104(92)114/h1-38,41-42,45-70H,39-40,43-44H2. The van der Waals surface area contributed by atoms with Gasteiger partial charge in [-0.05, 0) is 311 Å². The van der Waals surface area contributed by atoms with Crippen LogP contribution >= 0.6 is 0 Å². The van der Waals surface area contributed by atoms with Gasteiger partial charge < -0.3 is 9.80 Å². The van der Waals surface area contributed by atoms with Crippen LogP contribution in [0.2, 0.25) is 0 Å². The molecule has 0 bridgehead atoms. The van der Waals surface area contributed by atoms with Gasteiger partial charge in [0.05, 0.1) is 16.2 Å². The van der Waals surface area contributed by atoms with E-state index in [0.29, 0.717) is 0 Å². The molecule has 18 aromatic rings. The SMILES string of the molecule is c1cc(-c2ccc(N(c3ccc4c(c3)C3(c5ccccc5-c5ccccc53)c3ccccc3-4)c3ccc4c(c3)C3(c5ccccc5-c5ccccc53)c3cc(N(c5ccc(-c6cccc(-c7ccc8c(c7)CC8)c6)cc5)c5ccc6c(c5)C5(c7ccccc7-c7ccccc75)c5ccccc5-6)ccc3-4)cc2)cc(-c2ccc3c(c2)CC3)c1. The molecule has 0 N–H and O–H groups in total. The van der Waals surface area contributed by atoms with Gasteiger partial charge in [-0.25, -0.2) is 0 Å². The fourth-order valence-electron chi connectivity index (χ4n) is 22.8. The van der Waals surface area contributed by atoms with Crippen molar-refractivity contribution in [3.05, 3.63) is 489 Å². The van der Waals surface area contributed by atoms with Crippen molar-refractivity contribution in [1.82, 2.24) is 0 Å². The molecule has 8 aliphatic carbocycles. The van der Waals surface area contributed by atoms with Crippen LogP contribution in [0.25, 0.3) is 111 Å². The first-order valence-corrected chi connectivity index (χ1v) is 41.6. The van der Waals surface area contributed by atoms with Gasteiger partial charge in [0.25, 0.3) is 0 Å². The van der Waals surface area contributed by atoms with E-state index in [2.05, 4.69) is 410 Å². The van der Waals surface area contributed by atoms with Crippen LogP contribution in [0.4, 0.5) is 34.1 Å². The summed E-state index contributed by atoms with van der Waals surface area (Å²) in [5.41, 5.74) is 51.3. The molecule has 0 unspecified atom stereocenters. The number of rotatable bonds is 10. The maximum Gasteiger partial charge on any atom is 0.0727 e. The molecule has 0 saturated carbocycles. The van der Waals surface area contributed by atoms with Crippen molar-refractivity contribution < 1.29 is 0 Å². The fourth-order valence-corrected chi connectivity index (χ4v) is 22.8. The van der Waals surface area contributed by atoms with Crippen molar-refractivity contribution in [2.45, 2.75) is 41.9 Å². The Bertz CT molecular complexity index is 6790. The number of anilines is 6. The minimum Gasteiger partial charge on any atom is -0.310 e. The molecule has 117 heavy (non-hydrogen) atoms. The highest BCUT2D eigenvalue weighted by Crippen LogP contribution is 2.68. The fraction of sp³-hybridized carbons (Fsp3) is 0.0609. The Kier molecular flexibility index (Phi) is 13.5. The lowest BCUT2D eigenvalue weighted by molar-refractivity contribution is 0.792. The molecule has 0 aromatic heterocycles. The molecule has 2 heteroatoms. The zero-order chi connectivity index (χ0) is 76.4. The molecular formula is C115H74N2. The quantitative estimate of drug-likeness (QED) is 0.135. The van der Waals surface area contributed by atoms with Gasteiger partial charge in [0.2, 0.25) is 0 Å². The number of nitrogens with zero attached hydrogens (tertiary/aromatic N) is 2. The van der Waals surface area contributed by atoms with Crippen molar-refractivity contribution in [2.75, 3.05) is 9.80 Å². The predicted octanol–water partition coefficient (Wildman–Crippen LogP) is 28.5. The van der Waals surface area contributed by atoms with Crippen molar-refractivity contribution in [1.29, 1.82) is 0 Å². The molecule has 8 aliphatic rings. The Hall–Kier alpha value is -14.4. The Morgan fingerprint density at radius 3 is 0.590 bits per heavy atom. The summed E-state index contributed by atoms with van der Waals surface area (Å²) in [6.45, 7) is 0. The lowest BCUT2D eigenvalue weighted by atomic mass is 9.70. The lowest BCUT2D eigenvalue weighted by Gasteiger charge is -2.34. The average molecular weight is 1480 g/mol. The van der Waals surface area contributed by atoms with Crippen LogP contribution in [-0.4, -0.2) is 0 Å². The highest BCUT2D eigenvalue weighted by molar-refractivity contribution is 6.02. The first kappa shape index (κ1) is 65.0. The first-order valence-electron chi connectivity index (χ1n) is 41.6. The van der Waals surface area contributed by atoms with Gasteiger partial charge in [-0.3, -0.25) is 0 Å².